The van der Waals surface area contributed by atoms with Crippen LogP contribution in [0.1, 0.15) is 12.5 Å². The van der Waals surface area contributed by atoms with E-state index in [0.29, 0.717) is 11.3 Å². The number of carbonyl (C=O) groups is 1. The maximum Gasteiger partial charge on any atom is 0.339 e. The summed E-state index contributed by atoms with van der Waals surface area (Å²) in [6.07, 6.45) is 0. The Morgan fingerprint density at radius 3 is 1.93 bits per heavy atom. The molecular formula is C21H16N2O4S. The number of hydrogen-bond acceptors (Lipinski definition) is 5. The second kappa shape index (κ2) is 7.94. The van der Waals surface area contributed by atoms with Crippen LogP contribution in [-0.2, 0) is 14.9 Å². The van der Waals surface area contributed by atoms with E-state index < -0.39 is 10.1 Å². The first-order valence-corrected chi connectivity index (χ1v) is 9.71. The third-order valence-corrected chi connectivity index (χ3v) is 5.13. The minimum Gasteiger partial charge on any atom is -0.379 e. The highest BCUT2D eigenvalue weighted by Crippen LogP contribution is 2.25. The first-order valence-electron chi connectivity index (χ1n) is 8.30. The van der Waals surface area contributed by atoms with Crippen LogP contribution in [0.5, 0.6) is 5.75 Å². The molecule has 0 radical (unpaired) electrons. The fourth-order valence-electron chi connectivity index (χ4n) is 2.52. The summed E-state index contributed by atoms with van der Waals surface area (Å²) >= 11 is 0. The molecule has 3 aromatic rings. The van der Waals surface area contributed by atoms with E-state index in [1.807, 2.05) is 18.2 Å². The molecule has 0 aliphatic heterocycles. The quantitative estimate of drug-likeness (QED) is 0.663. The number of nitrogens with zero attached hydrogens (tertiary/aromatic N) is 1. The molecule has 1 N–H and O–H groups in total. The van der Waals surface area contributed by atoms with Crippen molar-refractivity contribution in [2.24, 2.45) is 0 Å². The standard InChI is InChI=1S/C21H16N2O4S/c1-15(24)23-19-8-4-17(5-9-19)18-6-12-21(13-7-18)28(25,26)27-20-10-2-16(14-22)3-11-20/h2-13H,1H3,(H,23,24). The van der Waals surface area contributed by atoms with E-state index in [9.17, 15) is 13.2 Å². The molecule has 1 amide bonds. The van der Waals surface area contributed by atoms with Gasteiger partial charge in [-0.1, -0.05) is 24.3 Å². The fourth-order valence-corrected chi connectivity index (χ4v) is 3.45. The number of hydrogen-bond donors (Lipinski definition) is 1. The Morgan fingerprint density at radius 2 is 1.43 bits per heavy atom. The molecule has 0 heterocycles. The average Bonchev–Trinajstić information content (AvgIpc) is 2.68. The summed E-state index contributed by atoms with van der Waals surface area (Å²) in [6.45, 7) is 1.44. The normalized spacial score (nSPS) is 10.7. The molecule has 0 aromatic heterocycles. The molecule has 140 valence electrons. The second-order valence-corrected chi connectivity index (χ2v) is 7.50. The van der Waals surface area contributed by atoms with E-state index >= 15 is 0 Å². The van der Waals surface area contributed by atoms with E-state index in [0.717, 1.165) is 11.1 Å². The lowest BCUT2D eigenvalue weighted by Gasteiger charge is -2.09. The molecule has 0 saturated carbocycles. The third-order valence-electron chi connectivity index (χ3n) is 3.87. The summed E-state index contributed by atoms with van der Waals surface area (Å²) in [6, 6.07) is 21.3. The molecule has 0 aliphatic rings. The van der Waals surface area contributed by atoms with Gasteiger partial charge in [-0.15, -0.1) is 0 Å². The van der Waals surface area contributed by atoms with Gasteiger partial charge in [-0.2, -0.15) is 13.7 Å². The minimum atomic E-state index is -3.98. The zero-order valence-corrected chi connectivity index (χ0v) is 15.7. The van der Waals surface area contributed by atoms with Gasteiger partial charge in [0.15, 0.2) is 0 Å². The molecule has 0 bridgehead atoms. The van der Waals surface area contributed by atoms with Crippen LogP contribution in [-0.4, -0.2) is 14.3 Å². The molecular weight excluding hydrogens is 376 g/mol. The van der Waals surface area contributed by atoms with Gasteiger partial charge in [-0.05, 0) is 59.7 Å². The van der Waals surface area contributed by atoms with Crippen molar-refractivity contribution >= 4 is 21.7 Å². The molecule has 6 nitrogen and oxygen atoms in total. The van der Waals surface area contributed by atoms with E-state index in [1.54, 1.807) is 24.3 Å². The minimum absolute atomic E-state index is 0.0236. The van der Waals surface area contributed by atoms with Crippen LogP contribution < -0.4 is 9.50 Å². The Hall–Kier alpha value is -3.63. The van der Waals surface area contributed by atoms with Crippen molar-refractivity contribution < 1.29 is 17.4 Å². The molecule has 3 rings (SSSR count). The Balaban J connectivity index is 1.77. The maximum absolute atomic E-state index is 12.4. The van der Waals surface area contributed by atoms with E-state index in [-0.39, 0.29) is 16.6 Å². The molecule has 0 saturated heterocycles. The van der Waals surface area contributed by atoms with Crippen molar-refractivity contribution in [3.63, 3.8) is 0 Å². The number of carbonyl (C=O) groups excluding carboxylic acids is 1. The van der Waals surface area contributed by atoms with Crippen molar-refractivity contribution in [2.75, 3.05) is 5.32 Å². The highest BCUT2D eigenvalue weighted by atomic mass is 32.2. The van der Waals surface area contributed by atoms with Crippen LogP contribution in [0.2, 0.25) is 0 Å². The number of anilines is 1. The molecule has 0 spiro atoms. The smallest absolute Gasteiger partial charge is 0.339 e. The summed E-state index contributed by atoms with van der Waals surface area (Å²) in [7, 11) is -3.98. The average molecular weight is 392 g/mol. The highest BCUT2D eigenvalue weighted by molar-refractivity contribution is 7.87. The number of rotatable bonds is 5. The van der Waals surface area contributed by atoms with Gasteiger partial charge in [-0.3, -0.25) is 4.79 Å². The second-order valence-electron chi connectivity index (χ2n) is 5.96. The van der Waals surface area contributed by atoms with Crippen molar-refractivity contribution in [1.29, 1.82) is 5.26 Å². The van der Waals surface area contributed by atoms with Crippen molar-refractivity contribution in [1.82, 2.24) is 0 Å². The SMILES string of the molecule is CC(=O)Nc1ccc(-c2ccc(S(=O)(=O)Oc3ccc(C#N)cc3)cc2)cc1. The van der Waals surface area contributed by atoms with E-state index in [4.69, 9.17) is 9.44 Å². The Morgan fingerprint density at radius 1 is 0.893 bits per heavy atom. The summed E-state index contributed by atoms with van der Waals surface area (Å²) in [5, 5.41) is 11.5. The number of nitriles is 1. The Labute approximate surface area is 163 Å². The van der Waals surface area contributed by atoms with Gasteiger partial charge in [0.25, 0.3) is 0 Å². The molecule has 0 atom stereocenters. The van der Waals surface area contributed by atoms with Gasteiger partial charge >= 0.3 is 10.1 Å². The zero-order chi connectivity index (χ0) is 20.1. The molecule has 0 aliphatic carbocycles. The van der Waals surface area contributed by atoms with E-state index in [1.165, 1.54) is 43.3 Å². The van der Waals surface area contributed by atoms with Crippen molar-refractivity contribution in [3.05, 3.63) is 78.4 Å². The number of nitrogens with one attached hydrogen (secondary N) is 1. The van der Waals surface area contributed by atoms with Crippen LogP contribution in [0.4, 0.5) is 5.69 Å². The monoisotopic (exact) mass is 392 g/mol. The molecule has 0 fully saturated rings. The van der Waals surface area contributed by atoms with Crippen LogP contribution >= 0.6 is 0 Å². The van der Waals surface area contributed by atoms with Crippen LogP contribution in [0.3, 0.4) is 0 Å². The molecule has 28 heavy (non-hydrogen) atoms. The van der Waals surface area contributed by atoms with Gasteiger partial charge in [-0.25, -0.2) is 0 Å². The Bertz CT molecular complexity index is 1130. The first-order chi connectivity index (χ1) is 13.4. The van der Waals surface area contributed by atoms with Gasteiger partial charge in [0.1, 0.15) is 10.6 Å². The lowest BCUT2D eigenvalue weighted by molar-refractivity contribution is -0.114. The van der Waals surface area contributed by atoms with Crippen LogP contribution in [0.15, 0.2) is 77.7 Å². The van der Waals surface area contributed by atoms with Crippen molar-refractivity contribution in [3.8, 4) is 22.9 Å². The predicted molar refractivity (Wildman–Crippen MR) is 105 cm³/mol. The number of benzene rings is 3. The molecule has 3 aromatic carbocycles. The highest BCUT2D eigenvalue weighted by Gasteiger charge is 2.16. The predicted octanol–water partition coefficient (Wildman–Crippen LogP) is 3.95. The lowest BCUT2D eigenvalue weighted by Crippen LogP contribution is -2.09. The maximum atomic E-state index is 12.4. The summed E-state index contributed by atoms with van der Waals surface area (Å²) in [5.74, 6) is -0.0128. The summed E-state index contributed by atoms with van der Waals surface area (Å²) in [5.41, 5.74) is 2.81. The lowest BCUT2D eigenvalue weighted by atomic mass is 10.1. The third kappa shape index (κ3) is 4.55. The number of amides is 1. The largest absolute Gasteiger partial charge is 0.379 e. The molecule has 7 heteroatoms. The van der Waals surface area contributed by atoms with Crippen LogP contribution in [0, 0.1) is 11.3 Å². The first kappa shape index (κ1) is 19.1. The summed E-state index contributed by atoms with van der Waals surface area (Å²) < 4.78 is 30.0. The Kier molecular flexibility index (Phi) is 5.43. The fraction of sp³-hybridized carbons (Fsp3) is 0.0476. The molecule has 0 unspecified atom stereocenters. The zero-order valence-electron chi connectivity index (χ0n) is 14.9. The van der Waals surface area contributed by atoms with Crippen LogP contribution in [0.25, 0.3) is 11.1 Å². The van der Waals surface area contributed by atoms with Gasteiger partial charge in [0.2, 0.25) is 5.91 Å². The van der Waals surface area contributed by atoms with E-state index in [2.05, 4.69) is 5.32 Å². The van der Waals surface area contributed by atoms with Crippen molar-refractivity contribution in [2.45, 2.75) is 11.8 Å². The summed E-state index contributed by atoms with van der Waals surface area (Å²) in [4.78, 5) is 11.1. The topological polar surface area (TPSA) is 96.3 Å². The van der Waals surface area contributed by atoms with Gasteiger partial charge in [0, 0.05) is 12.6 Å². The van der Waals surface area contributed by atoms with Gasteiger partial charge in [0.05, 0.1) is 11.6 Å². The van der Waals surface area contributed by atoms with Gasteiger partial charge < -0.3 is 9.50 Å².